The lowest BCUT2D eigenvalue weighted by atomic mass is 9.95. The van der Waals surface area contributed by atoms with Crippen LogP contribution < -0.4 is 4.90 Å². The first-order valence-corrected chi connectivity index (χ1v) is 12.2. The van der Waals surface area contributed by atoms with Gasteiger partial charge in [-0.15, -0.1) is 0 Å². The second-order valence-corrected chi connectivity index (χ2v) is 10.4. The molecule has 4 aromatic rings. The van der Waals surface area contributed by atoms with E-state index in [0.717, 1.165) is 46.8 Å². The third-order valence-electron chi connectivity index (χ3n) is 7.88. The highest BCUT2D eigenvalue weighted by atomic mass is 15.4. The van der Waals surface area contributed by atoms with Gasteiger partial charge in [0.15, 0.2) is 5.65 Å². The molecule has 6 rings (SSSR count). The number of pyridine rings is 2. The van der Waals surface area contributed by atoms with Gasteiger partial charge >= 0.3 is 0 Å². The van der Waals surface area contributed by atoms with E-state index in [1.807, 2.05) is 4.52 Å². The molecule has 0 aliphatic carbocycles. The van der Waals surface area contributed by atoms with Gasteiger partial charge in [-0.25, -0.2) is 14.5 Å². The summed E-state index contributed by atoms with van der Waals surface area (Å²) in [5.41, 5.74) is 9.10. The number of rotatable bonds is 4. The molecular formula is C26H33N7. The van der Waals surface area contributed by atoms with Crippen molar-refractivity contribution >= 4 is 22.5 Å². The van der Waals surface area contributed by atoms with Crippen LogP contribution in [-0.4, -0.2) is 60.7 Å². The van der Waals surface area contributed by atoms with Crippen LogP contribution in [0.1, 0.15) is 56.7 Å². The number of fused-ring (bicyclic) bond motifs is 4. The number of aromatic nitrogens is 5. The topological polar surface area (TPSA) is 65.4 Å². The van der Waals surface area contributed by atoms with E-state index in [-0.39, 0.29) is 0 Å². The van der Waals surface area contributed by atoms with Gasteiger partial charge in [-0.2, -0.15) is 5.10 Å². The van der Waals surface area contributed by atoms with Crippen molar-refractivity contribution in [3.05, 3.63) is 41.3 Å². The first-order chi connectivity index (χ1) is 15.8. The zero-order chi connectivity index (χ0) is 23.0. The van der Waals surface area contributed by atoms with Gasteiger partial charge in [0.25, 0.3) is 0 Å². The Morgan fingerprint density at radius 2 is 1.85 bits per heavy atom. The number of aryl methyl sites for hydroxylation is 1. The summed E-state index contributed by atoms with van der Waals surface area (Å²) in [5.74, 6) is 1.46. The maximum Gasteiger partial charge on any atom is 0.158 e. The van der Waals surface area contributed by atoms with Crippen molar-refractivity contribution in [1.82, 2.24) is 29.5 Å². The second-order valence-electron chi connectivity index (χ2n) is 10.4. The Morgan fingerprint density at radius 1 is 1.03 bits per heavy atom. The van der Waals surface area contributed by atoms with Gasteiger partial charge in [0, 0.05) is 48.5 Å². The van der Waals surface area contributed by atoms with Crippen LogP contribution in [0.5, 0.6) is 0 Å². The lowest BCUT2D eigenvalue weighted by Gasteiger charge is -2.37. The molecule has 6 heterocycles. The van der Waals surface area contributed by atoms with Crippen molar-refractivity contribution in [2.24, 2.45) is 0 Å². The molecule has 0 amide bonds. The molecule has 4 aromatic heterocycles. The normalized spacial score (nSPS) is 21.0. The summed E-state index contributed by atoms with van der Waals surface area (Å²) in [6.07, 6.45) is 4.98. The zero-order valence-corrected chi connectivity index (χ0v) is 20.4. The van der Waals surface area contributed by atoms with Gasteiger partial charge in [-0.05, 0) is 63.3 Å². The van der Waals surface area contributed by atoms with Crippen LogP contribution in [0.3, 0.4) is 0 Å². The first-order valence-electron chi connectivity index (χ1n) is 12.2. The number of hydrogen-bond acceptors (Lipinski definition) is 5. The smallest absolute Gasteiger partial charge is 0.158 e. The van der Waals surface area contributed by atoms with Crippen molar-refractivity contribution in [3.8, 4) is 11.3 Å². The largest absolute Gasteiger partial charge is 0.353 e. The summed E-state index contributed by atoms with van der Waals surface area (Å²) in [5, 5.41) is 4.41. The van der Waals surface area contributed by atoms with Crippen LogP contribution in [-0.2, 0) is 0 Å². The van der Waals surface area contributed by atoms with Crippen LogP contribution in [0.15, 0.2) is 24.7 Å². The minimum absolute atomic E-state index is 0.342. The fourth-order valence-corrected chi connectivity index (χ4v) is 6.07. The lowest BCUT2D eigenvalue weighted by molar-refractivity contribution is 0.191. The van der Waals surface area contributed by atoms with Gasteiger partial charge in [-0.3, -0.25) is 4.90 Å². The van der Waals surface area contributed by atoms with E-state index in [1.165, 1.54) is 23.1 Å². The van der Waals surface area contributed by atoms with Gasteiger partial charge in [-0.1, -0.05) is 13.8 Å². The average Bonchev–Trinajstić information content (AvgIpc) is 3.56. The number of nitrogens with one attached hydrogen (secondary N) is 1. The Labute approximate surface area is 194 Å². The highest BCUT2D eigenvalue weighted by Crippen LogP contribution is 2.40. The number of nitrogens with zero attached hydrogens (tertiary/aromatic N) is 6. The molecule has 0 spiro atoms. The number of piperazine rings is 1. The third-order valence-corrected chi connectivity index (χ3v) is 7.88. The van der Waals surface area contributed by atoms with Crippen LogP contribution in [0.25, 0.3) is 27.9 Å². The summed E-state index contributed by atoms with van der Waals surface area (Å²) in [6.45, 7) is 15.7. The van der Waals surface area contributed by atoms with Crippen LogP contribution in [0.4, 0.5) is 5.82 Å². The van der Waals surface area contributed by atoms with Gasteiger partial charge in [0.1, 0.15) is 12.1 Å². The van der Waals surface area contributed by atoms with Crippen molar-refractivity contribution < 1.29 is 0 Å². The fourth-order valence-electron chi connectivity index (χ4n) is 6.07. The Balaban J connectivity index is 1.46. The maximum absolute atomic E-state index is 5.26. The Morgan fingerprint density at radius 3 is 2.55 bits per heavy atom. The molecule has 2 bridgehead atoms. The van der Waals surface area contributed by atoms with E-state index in [4.69, 9.17) is 4.98 Å². The summed E-state index contributed by atoms with van der Waals surface area (Å²) in [7, 11) is 0. The molecule has 1 N–H and O–H groups in total. The molecule has 2 aliphatic heterocycles. The molecule has 2 fully saturated rings. The minimum atomic E-state index is 0.342. The molecule has 0 aromatic carbocycles. The molecule has 0 unspecified atom stereocenters. The second kappa shape index (κ2) is 7.29. The van der Waals surface area contributed by atoms with E-state index >= 15 is 0 Å². The van der Waals surface area contributed by atoms with Gasteiger partial charge in [0.2, 0.25) is 0 Å². The molecule has 0 saturated carbocycles. The van der Waals surface area contributed by atoms with Crippen molar-refractivity contribution in [1.29, 1.82) is 0 Å². The summed E-state index contributed by atoms with van der Waals surface area (Å²) < 4.78 is 1.88. The van der Waals surface area contributed by atoms with Gasteiger partial charge < -0.3 is 9.88 Å². The third kappa shape index (κ3) is 3.01. The van der Waals surface area contributed by atoms with Crippen LogP contribution in [0.2, 0.25) is 0 Å². The monoisotopic (exact) mass is 443 g/mol. The van der Waals surface area contributed by atoms with E-state index in [2.05, 4.69) is 84.7 Å². The number of aromatic amines is 1. The predicted molar refractivity (Wildman–Crippen MR) is 133 cm³/mol. The highest BCUT2D eigenvalue weighted by Gasteiger charge is 2.44. The van der Waals surface area contributed by atoms with Gasteiger partial charge in [0.05, 0.1) is 16.7 Å². The molecule has 7 nitrogen and oxygen atoms in total. The number of hydrogen-bond donors (Lipinski definition) is 1. The van der Waals surface area contributed by atoms with E-state index < -0.39 is 0 Å². The van der Waals surface area contributed by atoms with Crippen molar-refractivity contribution in [2.45, 2.75) is 72.0 Å². The number of H-pyrrole nitrogens is 1. The van der Waals surface area contributed by atoms with E-state index in [1.54, 1.807) is 6.33 Å². The molecule has 0 radical (unpaired) electrons. The molecular weight excluding hydrogens is 410 g/mol. The lowest BCUT2D eigenvalue weighted by Crippen LogP contribution is -2.49. The average molecular weight is 444 g/mol. The number of anilines is 1. The van der Waals surface area contributed by atoms with Crippen molar-refractivity contribution in [2.75, 3.05) is 18.0 Å². The fraction of sp³-hybridized carbons (Fsp3) is 0.500. The first kappa shape index (κ1) is 20.7. The molecule has 7 heteroatoms. The maximum atomic E-state index is 5.26. The summed E-state index contributed by atoms with van der Waals surface area (Å²) in [4.78, 5) is 18.6. The highest BCUT2D eigenvalue weighted by molar-refractivity contribution is 5.90. The molecule has 2 atom stereocenters. The zero-order valence-electron chi connectivity index (χ0n) is 20.4. The summed E-state index contributed by atoms with van der Waals surface area (Å²) >= 11 is 0. The van der Waals surface area contributed by atoms with E-state index in [0.29, 0.717) is 24.0 Å². The molecule has 2 aliphatic rings. The quantitative estimate of drug-likeness (QED) is 0.496. The Bertz CT molecular complexity index is 1360. The van der Waals surface area contributed by atoms with Crippen LogP contribution in [0, 0.1) is 13.8 Å². The summed E-state index contributed by atoms with van der Waals surface area (Å²) in [6, 6.07) is 6.26. The van der Waals surface area contributed by atoms with Crippen molar-refractivity contribution in [3.63, 3.8) is 0 Å². The van der Waals surface area contributed by atoms with E-state index in [9.17, 15) is 0 Å². The molecule has 2 saturated heterocycles. The standard InChI is InChI=1S/C26H33N7/c1-14(2)23-24(20-12-33-26(27-13-28-33)17(6)16(20)5)29-21-7-8-22(30-25(21)23)32-11-18-9-19(32)10-31(18)15(3)4/h7-8,12-15,18-19,29H,9-11H2,1-6H3/t18-,19-/m0/s1. The Kier molecular flexibility index (Phi) is 4.56. The SMILES string of the molecule is Cc1c(-c2[nH]c3ccc(N4C[C@@H]5C[C@H]4CN5C(C)C)nc3c2C(C)C)cn2ncnc2c1C. The minimum Gasteiger partial charge on any atom is -0.353 e. The Hall–Kier alpha value is -2.93. The number of likely N-dealkylation sites (tertiary alicyclic amines) is 1. The molecule has 172 valence electrons. The molecule has 33 heavy (non-hydrogen) atoms. The van der Waals surface area contributed by atoms with Crippen LogP contribution >= 0.6 is 0 Å². The predicted octanol–water partition coefficient (Wildman–Crippen LogP) is 4.68.